The zero-order valence-corrected chi connectivity index (χ0v) is 9.57. The summed E-state index contributed by atoms with van der Waals surface area (Å²) >= 11 is 5.83. The molecule has 0 aliphatic carbocycles. The number of halogens is 1. The van der Waals surface area contributed by atoms with Gasteiger partial charge >= 0.3 is 0 Å². The normalized spacial score (nSPS) is 19.1. The number of ether oxygens (including phenoxy) is 1. The topological polar surface area (TPSA) is 25.4 Å². The van der Waals surface area contributed by atoms with Crippen molar-refractivity contribution >= 4 is 11.6 Å². The Morgan fingerprint density at radius 3 is 2.80 bits per heavy atom. The molecule has 1 saturated heterocycles. The van der Waals surface area contributed by atoms with E-state index < -0.39 is 0 Å². The molecule has 1 aliphatic rings. The molecular weight excluding hydrogens is 212 g/mol. The van der Waals surface area contributed by atoms with E-state index in [0.29, 0.717) is 5.02 Å². The van der Waals surface area contributed by atoms with E-state index in [4.69, 9.17) is 16.3 Å². The van der Waals surface area contributed by atoms with E-state index in [0.717, 1.165) is 18.8 Å². The fraction of sp³-hybridized carbons (Fsp3) is 0.545. The fourth-order valence-electron chi connectivity index (χ4n) is 1.83. The van der Waals surface area contributed by atoms with Crippen LogP contribution < -0.4 is 4.74 Å². The second kappa shape index (κ2) is 4.81. The van der Waals surface area contributed by atoms with E-state index in [1.165, 1.54) is 12.8 Å². The minimum absolute atomic E-state index is 0.104. The molecule has 0 aromatic carbocycles. The molecular formula is C11H15ClN2O. The average Bonchev–Trinajstić information content (AvgIpc) is 2.70. The van der Waals surface area contributed by atoms with Gasteiger partial charge in [-0.1, -0.05) is 11.6 Å². The maximum absolute atomic E-state index is 5.83. The molecule has 0 spiro atoms. The average molecular weight is 227 g/mol. The van der Waals surface area contributed by atoms with Crippen molar-refractivity contribution in [3.8, 4) is 5.75 Å². The Labute approximate surface area is 95.0 Å². The highest BCUT2D eigenvalue weighted by Crippen LogP contribution is 2.19. The minimum atomic E-state index is 0.104. The number of hydrogen-bond acceptors (Lipinski definition) is 3. The second-order valence-electron chi connectivity index (χ2n) is 3.80. The van der Waals surface area contributed by atoms with Crippen LogP contribution in [0.25, 0.3) is 0 Å². The molecule has 1 atom stereocenters. The number of pyridine rings is 1. The van der Waals surface area contributed by atoms with Crippen LogP contribution in [0.4, 0.5) is 0 Å². The van der Waals surface area contributed by atoms with E-state index in [9.17, 15) is 0 Å². The molecule has 1 aromatic rings. The van der Waals surface area contributed by atoms with Crippen LogP contribution in [0.5, 0.6) is 5.75 Å². The van der Waals surface area contributed by atoms with Crippen LogP contribution in [-0.2, 0) is 0 Å². The van der Waals surface area contributed by atoms with Crippen LogP contribution in [0.1, 0.15) is 19.8 Å². The lowest BCUT2D eigenvalue weighted by atomic mass is 10.4. The number of aromatic nitrogens is 1. The van der Waals surface area contributed by atoms with Gasteiger partial charge in [-0.05, 0) is 19.8 Å². The van der Waals surface area contributed by atoms with Gasteiger partial charge in [0.15, 0.2) is 0 Å². The molecule has 0 unspecified atom stereocenters. The SMILES string of the molecule is C[C@@H](Oc1cncc(Cl)c1)N1CCCC1. The first-order valence-electron chi connectivity index (χ1n) is 5.27. The predicted octanol–water partition coefficient (Wildman–Crippen LogP) is 2.56. The van der Waals surface area contributed by atoms with Crippen LogP contribution in [0.2, 0.25) is 5.02 Å². The van der Waals surface area contributed by atoms with Crippen LogP contribution in [0.3, 0.4) is 0 Å². The zero-order valence-electron chi connectivity index (χ0n) is 8.82. The van der Waals surface area contributed by atoms with Crippen molar-refractivity contribution in [2.45, 2.75) is 26.0 Å². The molecule has 0 N–H and O–H groups in total. The maximum Gasteiger partial charge on any atom is 0.149 e. The summed E-state index contributed by atoms with van der Waals surface area (Å²) in [7, 11) is 0. The number of nitrogens with zero attached hydrogens (tertiary/aromatic N) is 2. The first kappa shape index (κ1) is 10.7. The number of likely N-dealkylation sites (tertiary alicyclic amines) is 1. The van der Waals surface area contributed by atoms with Crippen LogP contribution in [0, 0.1) is 0 Å². The summed E-state index contributed by atoms with van der Waals surface area (Å²) < 4.78 is 5.76. The Hall–Kier alpha value is -0.800. The van der Waals surface area contributed by atoms with Gasteiger partial charge in [0.05, 0.1) is 11.2 Å². The van der Waals surface area contributed by atoms with Crippen molar-refractivity contribution in [2.75, 3.05) is 13.1 Å². The van der Waals surface area contributed by atoms with Crippen molar-refractivity contribution < 1.29 is 4.74 Å². The van der Waals surface area contributed by atoms with Crippen molar-refractivity contribution in [2.24, 2.45) is 0 Å². The molecule has 1 fully saturated rings. The molecule has 82 valence electrons. The fourth-order valence-corrected chi connectivity index (χ4v) is 2.00. The molecule has 0 bridgehead atoms. The smallest absolute Gasteiger partial charge is 0.149 e. The van der Waals surface area contributed by atoms with Crippen molar-refractivity contribution in [3.05, 3.63) is 23.5 Å². The van der Waals surface area contributed by atoms with E-state index in [1.807, 2.05) is 0 Å². The summed E-state index contributed by atoms with van der Waals surface area (Å²) in [6.45, 7) is 4.30. The van der Waals surface area contributed by atoms with Gasteiger partial charge in [0.1, 0.15) is 12.0 Å². The summed E-state index contributed by atoms with van der Waals surface area (Å²) in [5, 5.41) is 0.612. The number of hydrogen-bond donors (Lipinski definition) is 0. The van der Waals surface area contributed by atoms with E-state index in [2.05, 4.69) is 16.8 Å². The summed E-state index contributed by atoms with van der Waals surface area (Å²) in [5.74, 6) is 0.738. The van der Waals surface area contributed by atoms with Crippen molar-refractivity contribution in [1.82, 2.24) is 9.88 Å². The predicted molar refractivity (Wildman–Crippen MR) is 60.1 cm³/mol. The van der Waals surface area contributed by atoms with Crippen molar-refractivity contribution in [1.29, 1.82) is 0 Å². The third kappa shape index (κ3) is 2.83. The summed E-state index contributed by atoms with van der Waals surface area (Å²) in [6, 6.07) is 1.79. The summed E-state index contributed by atoms with van der Waals surface area (Å²) in [5.41, 5.74) is 0. The quantitative estimate of drug-likeness (QED) is 0.792. The molecule has 3 nitrogen and oxygen atoms in total. The van der Waals surface area contributed by atoms with Gasteiger partial charge in [-0.15, -0.1) is 0 Å². The summed E-state index contributed by atoms with van der Waals surface area (Å²) in [6.07, 6.45) is 5.93. The molecule has 0 radical (unpaired) electrons. The van der Waals surface area contributed by atoms with Crippen LogP contribution in [0.15, 0.2) is 18.5 Å². The Morgan fingerprint density at radius 1 is 1.40 bits per heavy atom. The largest absolute Gasteiger partial charge is 0.474 e. The lowest BCUT2D eigenvalue weighted by molar-refractivity contribution is 0.0589. The van der Waals surface area contributed by atoms with Gasteiger partial charge in [-0.3, -0.25) is 9.88 Å². The molecule has 1 aromatic heterocycles. The molecule has 2 rings (SSSR count). The molecule has 15 heavy (non-hydrogen) atoms. The standard InChI is InChI=1S/C11H15ClN2O/c1-9(14-4-2-3-5-14)15-11-6-10(12)7-13-8-11/h6-9H,2-5H2,1H3/t9-/m1/s1. The molecule has 0 saturated carbocycles. The van der Waals surface area contributed by atoms with Gasteiger partial charge in [0.2, 0.25) is 0 Å². The Balaban J connectivity index is 1.95. The van der Waals surface area contributed by atoms with E-state index >= 15 is 0 Å². The minimum Gasteiger partial charge on any atom is -0.474 e. The first-order chi connectivity index (χ1) is 7.25. The molecule has 2 heterocycles. The third-order valence-corrected chi connectivity index (χ3v) is 2.85. The van der Waals surface area contributed by atoms with Gasteiger partial charge in [-0.25, -0.2) is 0 Å². The van der Waals surface area contributed by atoms with E-state index in [1.54, 1.807) is 18.5 Å². The maximum atomic E-state index is 5.83. The van der Waals surface area contributed by atoms with Crippen LogP contribution in [-0.4, -0.2) is 29.2 Å². The zero-order chi connectivity index (χ0) is 10.7. The first-order valence-corrected chi connectivity index (χ1v) is 5.65. The lowest BCUT2D eigenvalue weighted by Crippen LogP contribution is -2.34. The monoisotopic (exact) mass is 226 g/mol. The molecule has 1 aliphatic heterocycles. The van der Waals surface area contributed by atoms with Crippen molar-refractivity contribution in [3.63, 3.8) is 0 Å². The highest BCUT2D eigenvalue weighted by molar-refractivity contribution is 6.30. The Morgan fingerprint density at radius 2 is 2.13 bits per heavy atom. The van der Waals surface area contributed by atoms with Gasteiger partial charge in [0.25, 0.3) is 0 Å². The summed E-state index contributed by atoms with van der Waals surface area (Å²) in [4.78, 5) is 6.31. The van der Waals surface area contributed by atoms with Gasteiger partial charge < -0.3 is 4.74 Å². The third-order valence-electron chi connectivity index (χ3n) is 2.64. The Kier molecular flexibility index (Phi) is 3.44. The lowest BCUT2D eigenvalue weighted by Gasteiger charge is -2.24. The van der Waals surface area contributed by atoms with Gasteiger partial charge in [-0.2, -0.15) is 0 Å². The van der Waals surface area contributed by atoms with Gasteiger partial charge in [0, 0.05) is 25.4 Å². The Bertz CT molecular complexity index is 326. The van der Waals surface area contributed by atoms with E-state index in [-0.39, 0.29) is 6.23 Å². The highest BCUT2D eigenvalue weighted by Gasteiger charge is 2.19. The van der Waals surface area contributed by atoms with Crippen LogP contribution >= 0.6 is 11.6 Å². The molecule has 4 heteroatoms. The number of rotatable bonds is 3. The second-order valence-corrected chi connectivity index (χ2v) is 4.24. The molecule has 0 amide bonds. The highest BCUT2D eigenvalue weighted by atomic mass is 35.5.